The van der Waals surface area contributed by atoms with Crippen molar-refractivity contribution in [3.05, 3.63) is 41.5 Å². The van der Waals surface area contributed by atoms with Crippen LogP contribution in [0.15, 0.2) is 24.3 Å². The summed E-state index contributed by atoms with van der Waals surface area (Å²) in [5.74, 6) is -1.34. The van der Waals surface area contributed by atoms with E-state index in [1.165, 1.54) is 21.7 Å². The predicted octanol–water partition coefficient (Wildman–Crippen LogP) is 0.216. The fourth-order valence-electron chi connectivity index (χ4n) is 2.86. The third-order valence-corrected chi connectivity index (χ3v) is 4.23. The minimum atomic E-state index is -1.11. The van der Waals surface area contributed by atoms with Crippen LogP contribution in [0.4, 0.5) is 4.39 Å². The summed E-state index contributed by atoms with van der Waals surface area (Å²) in [6.45, 7) is 2.05. The third-order valence-electron chi connectivity index (χ3n) is 4.23. The molecule has 1 aliphatic rings. The Hall–Kier alpha value is -2.88. The van der Waals surface area contributed by atoms with Gasteiger partial charge in [0.1, 0.15) is 17.7 Å². The summed E-state index contributed by atoms with van der Waals surface area (Å²) in [5.41, 5.74) is 0.739. The average Bonchev–Trinajstić information content (AvgIpc) is 3.06. The molecule has 3 rings (SSSR count). The number of tetrazole rings is 1. The minimum absolute atomic E-state index is 0.0464. The van der Waals surface area contributed by atoms with Crippen molar-refractivity contribution in [2.75, 3.05) is 19.7 Å². The van der Waals surface area contributed by atoms with Crippen LogP contribution >= 0.6 is 0 Å². The number of rotatable bonds is 5. The maximum absolute atomic E-state index is 13.1. The van der Waals surface area contributed by atoms with Gasteiger partial charge in [-0.25, -0.2) is 13.9 Å². The van der Waals surface area contributed by atoms with Gasteiger partial charge in [-0.15, -0.1) is 5.10 Å². The Balaban J connectivity index is 1.85. The largest absolute Gasteiger partial charge is 0.479 e. The molecule has 0 aliphatic carbocycles. The Labute approximate surface area is 148 Å². The lowest BCUT2D eigenvalue weighted by molar-refractivity contribution is -0.160. The van der Waals surface area contributed by atoms with E-state index in [0.717, 1.165) is 5.56 Å². The third kappa shape index (κ3) is 3.85. The number of aryl methyl sites for hydroxylation is 1. The molecule has 0 spiro atoms. The van der Waals surface area contributed by atoms with Crippen LogP contribution in [0.3, 0.4) is 0 Å². The van der Waals surface area contributed by atoms with Gasteiger partial charge in [-0.3, -0.25) is 4.79 Å². The molecule has 2 unspecified atom stereocenters. The predicted molar refractivity (Wildman–Crippen MR) is 85.7 cm³/mol. The molecule has 1 N–H and O–H groups in total. The van der Waals surface area contributed by atoms with Gasteiger partial charge in [0, 0.05) is 13.0 Å². The highest BCUT2D eigenvalue weighted by atomic mass is 19.1. The Bertz CT molecular complexity index is 794. The summed E-state index contributed by atoms with van der Waals surface area (Å²) in [5, 5.41) is 20.4. The maximum Gasteiger partial charge on any atom is 0.334 e. The molecule has 1 saturated heterocycles. The van der Waals surface area contributed by atoms with Gasteiger partial charge in [0.25, 0.3) is 0 Å². The number of halogens is 1. The van der Waals surface area contributed by atoms with E-state index in [-0.39, 0.29) is 37.8 Å². The van der Waals surface area contributed by atoms with Crippen LogP contribution in [-0.4, -0.2) is 67.9 Å². The minimum Gasteiger partial charge on any atom is -0.479 e. The van der Waals surface area contributed by atoms with E-state index in [1.807, 2.05) is 0 Å². The fourth-order valence-corrected chi connectivity index (χ4v) is 2.86. The number of carbonyl (C=O) groups excluding carboxylic acids is 1. The number of benzene rings is 1. The molecule has 1 fully saturated rings. The van der Waals surface area contributed by atoms with E-state index in [1.54, 1.807) is 19.1 Å². The first-order chi connectivity index (χ1) is 12.5. The van der Waals surface area contributed by atoms with Crippen molar-refractivity contribution in [1.29, 1.82) is 0 Å². The van der Waals surface area contributed by atoms with Crippen LogP contribution in [0.25, 0.3) is 0 Å². The number of ether oxygens (including phenoxy) is 1. The van der Waals surface area contributed by atoms with Crippen LogP contribution in [-0.2, 0) is 20.7 Å². The molecule has 0 saturated carbocycles. The second-order valence-corrected chi connectivity index (χ2v) is 6.00. The lowest BCUT2D eigenvalue weighted by Crippen LogP contribution is -2.51. The first-order valence-corrected chi connectivity index (χ1v) is 8.08. The molecular formula is C16H18FN5O4. The molecular weight excluding hydrogens is 345 g/mol. The van der Waals surface area contributed by atoms with Crippen LogP contribution in [0.2, 0.25) is 0 Å². The fraction of sp³-hybridized carbons (Fsp3) is 0.438. The number of morpholine rings is 1. The summed E-state index contributed by atoms with van der Waals surface area (Å²) < 4.78 is 19.7. The quantitative estimate of drug-likeness (QED) is 0.809. The van der Waals surface area contributed by atoms with Gasteiger partial charge in [-0.05, 0) is 35.0 Å². The van der Waals surface area contributed by atoms with Crippen LogP contribution in [0, 0.1) is 12.7 Å². The molecule has 26 heavy (non-hydrogen) atoms. The standard InChI is InChI=1S/C16H18FN5O4/c1-10-18-19-20-22(10)13(8-11-2-4-12(17)5-3-11)15(23)21-6-7-26-14(9-21)16(24)25/h2-5,13-14H,6-9H2,1H3,(H,24,25). The molecule has 9 nitrogen and oxygen atoms in total. The Morgan fingerprint density at radius 1 is 1.38 bits per heavy atom. The monoisotopic (exact) mass is 363 g/mol. The van der Waals surface area contributed by atoms with E-state index in [4.69, 9.17) is 9.84 Å². The van der Waals surface area contributed by atoms with Crippen molar-refractivity contribution < 1.29 is 23.8 Å². The molecule has 1 aromatic heterocycles. The number of nitrogens with zero attached hydrogens (tertiary/aromatic N) is 5. The van der Waals surface area contributed by atoms with Crippen LogP contribution < -0.4 is 0 Å². The molecule has 1 amide bonds. The van der Waals surface area contributed by atoms with Gasteiger partial charge in [-0.1, -0.05) is 12.1 Å². The Kier molecular flexibility index (Phi) is 5.21. The van der Waals surface area contributed by atoms with Crippen molar-refractivity contribution in [2.45, 2.75) is 25.5 Å². The van der Waals surface area contributed by atoms with E-state index in [9.17, 15) is 14.0 Å². The van der Waals surface area contributed by atoms with E-state index < -0.39 is 18.1 Å². The van der Waals surface area contributed by atoms with Crippen molar-refractivity contribution in [2.24, 2.45) is 0 Å². The molecule has 2 heterocycles. The highest BCUT2D eigenvalue weighted by Gasteiger charge is 2.34. The van der Waals surface area contributed by atoms with E-state index >= 15 is 0 Å². The zero-order chi connectivity index (χ0) is 18.7. The summed E-state index contributed by atoms with van der Waals surface area (Å²) in [6, 6.07) is 5.06. The van der Waals surface area contributed by atoms with Gasteiger partial charge >= 0.3 is 5.97 Å². The maximum atomic E-state index is 13.1. The zero-order valence-electron chi connectivity index (χ0n) is 14.1. The Morgan fingerprint density at radius 2 is 2.12 bits per heavy atom. The molecule has 138 valence electrons. The van der Waals surface area contributed by atoms with Gasteiger partial charge in [-0.2, -0.15) is 0 Å². The molecule has 0 radical (unpaired) electrons. The molecule has 2 atom stereocenters. The smallest absolute Gasteiger partial charge is 0.334 e. The van der Waals surface area contributed by atoms with Gasteiger partial charge < -0.3 is 14.7 Å². The average molecular weight is 363 g/mol. The molecule has 1 aromatic carbocycles. The number of hydrogen-bond acceptors (Lipinski definition) is 6. The summed E-state index contributed by atoms with van der Waals surface area (Å²) in [7, 11) is 0. The molecule has 2 aromatic rings. The second-order valence-electron chi connectivity index (χ2n) is 6.00. The number of carboxylic acids is 1. The zero-order valence-corrected chi connectivity index (χ0v) is 14.1. The normalized spacial score (nSPS) is 18.5. The molecule has 10 heteroatoms. The number of carbonyl (C=O) groups is 2. The number of carboxylic acid groups (broad SMARTS) is 1. The van der Waals surface area contributed by atoms with Crippen molar-refractivity contribution in [3.63, 3.8) is 0 Å². The van der Waals surface area contributed by atoms with E-state index in [0.29, 0.717) is 5.82 Å². The number of amides is 1. The topological polar surface area (TPSA) is 110 Å². The van der Waals surface area contributed by atoms with Gasteiger partial charge in [0.2, 0.25) is 5.91 Å². The van der Waals surface area contributed by atoms with Crippen molar-refractivity contribution in [3.8, 4) is 0 Å². The highest BCUT2D eigenvalue weighted by Crippen LogP contribution is 2.20. The highest BCUT2D eigenvalue weighted by molar-refractivity contribution is 5.82. The molecule has 1 aliphatic heterocycles. The summed E-state index contributed by atoms with van der Waals surface area (Å²) in [6.07, 6.45) is -0.811. The second kappa shape index (κ2) is 7.56. The lowest BCUT2D eigenvalue weighted by Gasteiger charge is -2.33. The Morgan fingerprint density at radius 3 is 2.73 bits per heavy atom. The summed E-state index contributed by atoms with van der Waals surface area (Å²) in [4.78, 5) is 25.7. The van der Waals surface area contributed by atoms with Crippen LogP contribution in [0.1, 0.15) is 17.4 Å². The molecule has 0 bridgehead atoms. The number of aliphatic carboxylic acids is 1. The number of aromatic nitrogens is 4. The first-order valence-electron chi connectivity index (χ1n) is 8.08. The van der Waals surface area contributed by atoms with E-state index in [2.05, 4.69) is 15.5 Å². The lowest BCUT2D eigenvalue weighted by atomic mass is 10.0. The number of hydrogen-bond donors (Lipinski definition) is 1. The SMILES string of the molecule is Cc1nnnn1C(Cc1ccc(F)cc1)C(=O)N1CCOC(C(=O)O)C1. The van der Waals surface area contributed by atoms with Crippen LogP contribution in [0.5, 0.6) is 0 Å². The van der Waals surface area contributed by atoms with Gasteiger partial charge in [0.05, 0.1) is 13.2 Å². The first kappa shape index (κ1) is 17.9. The van der Waals surface area contributed by atoms with Crippen molar-refractivity contribution >= 4 is 11.9 Å². The van der Waals surface area contributed by atoms with Gasteiger partial charge in [0.15, 0.2) is 6.10 Å². The summed E-state index contributed by atoms with van der Waals surface area (Å²) >= 11 is 0. The van der Waals surface area contributed by atoms with Crippen molar-refractivity contribution in [1.82, 2.24) is 25.1 Å².